The second-order valence-corrected chi connectivity index (χ2v) is 4.78. The van der Waals surface area contributed by atoms with Crippen LogP contribution >= 0.6 is 31.9 Å². The molecule has 2 aromatic rings. The van der Waals surface area contributed by atoms with Crippen LogP contribution in [0.1, 0.15) is 0 Å². The number of methoxy groups -OCH3 is 1. The van der Waals surface area contributed by atoms with E-state index in [1.807, 2.05) is 54.6 Å². The molecule has 84 valence electrons. The largest absolute Gasteiger partial charge is 0.497 e. The lowest BCUT2D eigenvalue weighted by Crippen LogP contribution is -1.79. The first-order valence-electron chi connectivity index (χ1n) is 4.72. The van der Waals surface area contributed by atoms with Gasteiger partial charge in [-0.25, -0.2) is 0 Å². The highest BCUT2D eigenvalue weighted by molar-refractivity contribution is 9.10. The van der Waals surface area contributed by atoms with Crippen molar-refractivity contribution in [2.24, 2.45) is 0 Å². The van der Waals surface area contributed by atoms with E-state index in [9.17, 15) is 0 Å². The number of ether oxygens (including phenoxy) is 1. The highest BCUT2D eigenvalue weighted by Gasteiger charge is 1.86. The van der Waals surface area contributed by atoms with Crippen LogP contribution in [0.2, 0.25) is 0 Å². The van der Waals surface area contributed by atoms with Crippen LogP contribution in [0.5, 0.6) is 5.75 Å². The molecule has 0 aliphatic rings. The van der Waals surface area contributed by atoms with Crippen molar-refractivity contribution >= 4 is 31.9 Å². The summed E-state index contributed by atoms with van der Waals surface area (Å²) in [4.78, 5) is 0. The molecule has 0 spiro atoms. The predicted molar refractivity (Wildman–Crippen MR) is 74.8 cm³/mol. The van der Waals surface area contributed by atoms with E-state index < -0.39 is 0 Å². The summed E-state index contributed by atoms with van der Waals surface area (Å²) >= 11 is 6.63. The zero-order valence-corrected chi connectivity index (χ0v) is 12.0. The monoisotopic (exact) mass is 342 g/mol. The Balaban J connectivity index is 0.000000165. The van der Waals surface area contributed by atoms with Crippen molar-refractivity contribution in [3.8, 4) is 5.75 Å². The Bertz CT molecular complexity index is 398. The molecule has 0 heterocycles. The van der Waals surface area contributed by atoms with Crippen molar-refractivity contribution < 1.29 is 4.74 Å². The van der Waals surface area contributed by atoms with Crippen molar-refractivity contribution in [1.29, 1.82) is 0 Å². The fourth-order valence-electron chi connectivity index (χ4n) is 0.985. The molecule has 0 unspecified atom stereocenters. The van der Waals surface area contributed by atoms with Gasteiger partial charge in [-0.1, -0.05) is 50.1 Å². The molecule has 0 bridgehead atoms. The van der Waals surface area contributed by atoms with Crippen LogP contribution in [0.3, 0.4) is 0 Å². The number of hydrogen-bond donors (Lipinski definition) is 0. The molecular weight excluding hydrogens is 332 g/mol. The summed E-state index contributed by atoms with van der Waals surface area (Å²) in [5, 5.41) is 0. The molecule has 0 saturated heterocycles. The number of halogens is 2. The van der Waals surface area contributed by atoms with Gasteiger partial charge >= 0.3 is 0 Å². The first-order valence-corrected chi connectivity index (χ1v) is 6.31. The molecule has 0 atom stereocenters. The van der Waals surface area contributed by atoms with Gasteiger partial charge in [-0.2, -0.15) is 0 Å². The third-order valence-electron chi connectivity index (χ3n) is 1.78. The van der Waals surface area contributed by atoms with Gasteiger partial charge in [0, 0.05) is 8.95 Å². The topological polar surface area (TPSA) is 9.23 Å². The van der Waals surface area contributed by atoms with Gasteiger partial charge in [0.25, 0.3) is 0 Å². The van der Waals surface area contributed by atoms with E-state index in [4.69, 9.17) is 4.74 Å². The zero-order chi connectivity index (χ0) is 11.8. The lowest BCUT2D eigenvalue weighted by atomic mass is 10.3. The van der Waals surface area contributed by atoms with Crippen LogP contribution < -0.4 is 4.74 Å². The molecule has 0 aliphatic carbocycles. The van der Waals surface area contributed by atoms with Crippen molar-refractivity contribution in [2.45, 2.75) is 0 Å². The van der Waals surface area contributed by atoms with Crippen LogP contribution in [0.15, 0.2) is 63.5 Å². The maximum Gasteiger partial charge on any atom is 0.118 e. The molecule has 2 aromatic carbocycles. The van der Waals surface area contributed by atoms with Crippen molar-refractivity contribution in [3.05, 3.63) is 63.5 Å². The summed E-state index contributed by atoms with van der Waals surface area (Å²) in [6.45, 7) is 0. The fourth-order valence-corrected chi connectivity index (χ4v) is 1.55. The van der Waals surface area contributed by atoms with Gasteiger partial charge in [-0.05, 0) is 36.4 Å². The molecule has 0 N–H and O–H groups in total. The molecule has 0 fully saturated rings. The summed E-state index contributed by atoms with van der Waals surface area (Å²) in [6, 6.07) is 17.7. The second-order valence-electron chi connectivity index (χ2n) is 2.95. The molecule has 0 amide bonds. The van der Waals surface area contributed by atoms with Gasteiger partial charge in [0.1, 0.15) is 5.75 Å². The molecule has 0 saturated carbocycles. The van der Waals surface area contributed by atoms with Gasteiger partial charge in [-0.3, -0.25) is 0 Å². The van der Waals surface area contributed by atoms with Crippen molar-refractivity contribution in [1.82, 2.24) is 0 Å². The average molecular weight is 344 g/mol. The highest BCUT2D eigenvalue weighted by atomic mass is 79.9. The van der Waals surface area contributed by atoms with Crippen LogP contribution in [-0.4, -0.2) is 7.11 Å². The van der Waals surface area contributed by atoms with E-state index >= 15 is 0 Å². The Labute approximate surface area is 113 Å². The molecule has 0 aromatic heterocycles. The average Bonchev–Trinajstić information content (AvgIpc) is 2.32. The van der Waals surface area contributed by atoms with E-state index in [1.165, 1.54) is 0 Å². The predicted octanol–water partition coefficient (Wildman–Crippen LogP) is 4.91. The standard InChI is InChI=1S/C7H7BrO.C6H5Br/c1-9-7-4-2-6(8)3-5-7;7-6-4-2-1-3-5-6/h2-5H,1H3;1-5H. The fraction of sp³-hybridized carbons (Fsp3) is 0.0769. The Morgan fingerprint density at radius 2 is 1.25 bits per heavy atom. The first-order chi connectivity index (χ1) is 7.72. The van der Waals surface area contributed by atoms with E-state index in [0.29, 0.717) is 0 Å². The molecule has 0 radical (unpaired) electrons. The van der Waals surface area contributed by atoms with Crippen LogP contribution in [0.25, 0.3) is 0 Å². The van der Waals surface area contributed by atoms with Gasteiger partial charge in [0.2, 0.25) is 0 Å². The summed E-state index contributed by atoms with van der Waals surface area (Å²) < 4.78 is 7.16. The number of hydrogen-bond acceptors (Lipinski definition) is 1. The van der Waals surface area contributed by atoms with Crippen LogP contribution in [0, 0.1) is 0 Å². The lowest BCUT2D eigenvalue weighted by molar-refractivity contribution is 0.414. The van der Waals surface area contributed by atoms with Crippen LogP contribution in [-0.2, 0) is 0 Å². The molecule has 16 heavy (non-hydrogen) atoms. The minimum atomic E-state index is 0.887. The van der Waals surface area contributed by atoms with Gasteiger partial charge < -0.3 is 4.74 Å². The SMILES string of the molecule is Brc1ccccc1.COc1ccc(Br)cc1. The Morgan fingerprint density at radius 3 is 1.62 bits per heavy atom. The van der Waals surface area contributed by atoms with E-state index in [0.717, 1.165) is 14.7 Å². The third kappa shape index (κ3) is 5.33. The summed E-state index contributed by atoms with van der Waals surface area (Å²) in [5.74, 6) is 0.887. The van der Waals surface area contributed by atoms with Crippen LogP contribution in [0.4, 0.5) is 0 Å². The normalized spacial score (nSPS) is 8.94. The first kappa shape index (κ1) is 13.3. The maximum atomic E-state index is 4.95. The van der Waals surface area contributed by atoms with E-state index in [1.54, 1.807) is 7.11 Å². The summed E-state index contributed by atoms with van der Waals surface area (Å²) in [6.07, 6.45) is 0. The van der Waals surface area contributed by atoms with Gasteiger partial charge in [-0.15, -0.1) is 0 Å². The Morgan fingerprint density at radius 1 is 0.750 bits per heavy atom. The maximum absolute atomic E-state index is 4.95. The van der Waals surface area contributed by atoms with Crippen molar-refractivity contribution in [3.63, 3.8) is 0 Å². The Kier molecular flexibility index (Phi) is 6.19. The van der Waals surface area contributed by atoms with Gasteiger partial charge in [0.15, 0.2) is 0 Å². The number of rotatable bonds is 1. The molecule has 0 aliphatic heterocycles. The minimum Gasteiger partial charge on any atom is -0.497 e. The molecular formula is C13H12Br2O. The zero-order valence-electron chi connectivity index (χ0n) is 8.86. The third-order valence-corrected chi connectivity index (χ3v) is 2.84. The lowest BCUT2D eigenvalue weighted by Gasteiger charge is -1.96. The van der Waals surface area contributed by atoms with Crippen molar-refractivity contribution in [2.75, 3.05) is 7.11 Å². The van der Waals surface area contributed by atoms with E-state index in [-0.39, 0.29) is 0 Å². The highest BCUT2D eigenvalue weighted by Crippen LogP contribution is 2.14. The quantitative estimate of drug-likeness (QED) is 0.715. The molecule has 1 nitrogen and oxygen atoms in total. The minimum absolute atomic E-state index is 0.887. The van der Waals surface area contributed by atoms with E-state index in [2.05, 4.69) is 31.9 Å². The second kappa shape index (κ2) is 7.47. The molecule has 2 rings (SSSR count). The Hall–Kier alpha value is -0.800. The summed E-state index contributed by atoms with van der Waals surface area (Å²) in [7, 11) is 1.66. The molecule has 3 heteroatoms. The number of benzene rings is 2. The van der Waals surface area contributed by atoms with Gasteiger partial charge in [0.05, 0.1) is 7.11 Å². The summed E-state index contributed by atoms with van der Waals surface area (Å²) in [5.41, 5.74) is 0. The smallest absolute Gasteiger partial charge is 0.118 e.